The number of nitrogens with one attached hydrogen (secondary N) is 1. The van der Waals surface area contributed by atoms with E-state index >= 15 is 0 Å². The zero-order valence-corrected chi connectivity index (χ0v) is 13.6. The van der Waals surface area contributed by atoms with Crippen molar-refractivity contribution < 1.29 is 13.8 Å². The monoisotopic (exact) mass is 340 g/mol. The summed E-state index contributed by atoms with van der Waals surface area (Å²) in [6.07, 6.45) is 2.09. The highest BCUT2D eigenvalue weighted by Gasteiger charge is 2.25. The average Bonchev–Trinajstić information content (AvgIpc) is 2.65. The molecule has 1 amide bonds. The van der Waals surface area contributed by atoms with Gasteiger partial charge in [0.15, 0.2) is 0 Å². The number of amides is 1. The summed E-state index contributed by atoms with van der Waals surface area (Å²) in [6, 6.07) is 8.12. The molecule has 7 nitrogen and oxygen atoms in total. The van der Waals surface area contributed by atoms with Gasteiger partial charge in [-0.3, -0.25) is 9.78 Å². The van der Waals surface area contributed by atoms with E-state index in [4.69, 9.17) is 9.85 Å². The summed E-state index contributed by atoms with van der Waals surface area (Å²) in [5, 5.41) is 19.4. The number of hydrogen-bond acceptors (Lipinski definition) is 5. The third-order valence-corrected chi connectivity index (χ3v) is 3.81. The van der Waals surface area contributed by atoms with Gasteiger partial charge in [0.05, 0.1) is 0 Å². The average molecular weight is 340 g/mol. The first-order chi connectivity index (χ1) is 13.3. The Morgan fingerprint density at radius 1 is 1.36 bits per heavy atom. The summed E-state index contributed by atoms with van der Waals surface area (Å²) in [5.74, 6) is -0.612. The highest BCUT2D eigenvalue weighted by atomic mass is 16.5. The van der Waals surface area contributed by atoms with Gasteiger partial charge in [0.25, 0.3) is 0 Å². The largest absolute Gasteiger partial charge is 0.594 e. The minimum absolute atomic E-state index is 0.0187. The Morgan fingerprint density at radius 2 is 2.16 bits per heavy atom. The third-order valence-electron chi connectivity index (χ3n) is 3.81. The quantitative estimate of drug-likeness (QED) is 0.557. The molecule has 0 aliphatic heterocycles. The zero-order chi connectivity index (χ0) is 20.5. The number of benzene rings is 1. The predicted octanol–water partition coefficient (Wildman–Crippen LogP) is 1.96. The molecule has 128 valence electrons. The van der Waals surface area contributed by atoms with E-state index < -0.39 is 12.8 Å². The molecule has 0 fully saturated rings. The molecular formula is C18H19N5O2. The summed E-state index contributed by atoms with van der Waals surface area (Å²) in [7, 11) is 0. The summed E-state index contributed by atoms with van der Waals surface area (Å²) >= 11 is 0. The molecule has 3 N–H and O–H groups in total. The van der Waals surface area contributed by atoms with E-state index in [-0.39, 0.29) is 27.4 Å². The maximum atomic E-state index is 12.5. The second kappa shape index (κ2) is 6.72. The summed E-state index contributed by atoms with van der Waals surface area (Å²) in [6.45, 7) is -0.165. The number of nitrogens with zero attached hydrogens (tertiary/aromatic N) is 3. The van der Waals surface area contributed by atoms with Gasteiger partial charge >= 0.3 is 11.6 Å². The highest BCUT2D eigenvalue weighted by molar-refractivity contribution is 6.06. The molecule has 0 unspecified atom stereocenters. The number of carbonyl (C=O) groups is 1. The lowest BCUT2D eigenvalue weighted by Gasteiger charge is -2.11. The van der Waals surface area contributed by atoms with Gasteiger partial charge in [0.1, 0.15) is 11.2 Å². The summed E-state index contributed by atoms with van der Waals surface area (Å²) in [5.41, 5.74) is 6.61. The van der Waals surface area contributed by atoms with Crippen molar-refractivity contribution >= 4 is 22.5 Å². The van der Waals surface area contributed by atoms with E-state index in [1.165, 1.54) is 6.20 Å². The maximum Gasteiger partial charge on any atom is 0.332 e. The SMILES string of the molecule is [2H]C([2H])([2H])c1ncccc1-c1cccc2c(N)c(C(=O)NCCC)[n+]([O-])nc12. The fraction of sp³-hybridized carbons (Fsp3) is 0.222. The number of carbonyl (C=O) groups excluding carboxylic acids is 1. The Morgan fingerprint density at radius 3 is 2.92 bits per heavy atom. The number of hydrogen-bond donors (Lipinski definition) is 2. The fourth-order valence-electron chi connectivity index (χ4n) is 2.61. The molecule has 25 heavy (non-hydrogen) atoms. The van der Waals surface area contributed by atoms with Crippen molar-refractivity contribution in [1.82, 2.24) is 15.4 Å². The molecule has 3 aromatic rings. The lowest BCUT2D eigenvalue weighted by Crippen LogP contribution is -2.43. The fourth-order valence-corrected chi connectivity index (χ4v) is 2.61. The van der Waals surface area contributed by atoms with Crippen LogP contribution >= 0.6 is 0 Å². The minimum Gasteiger partial charge on any atom is -0.594 e. The van der Waals surface area contributed by atoms with Gasteiger partial charge in [-0.1, -0.05) is 31.2 Å². The van der Waals surface area contributed by atoms with E-state index in [0.29, 0.717) is 29.5 Å². The molecule has 0 atom stereocenters. The van der Waals surface area contributed by atoms with E-state index in [1.807, 2.05) is 6.92 Å². The van der Waals surface area contributed by atoms with Crippen molar-refractivity contribution in [3.05, 3.63) is 53.1 Å². The van der Waals surface area contributed by atoms with Crippen LogP contribution in [0.3, 0.4) is 0 Å². The number of pyridine rings is 1. The molecular weight excluding hydrogens is 318 g/mol. The van der Waals surface area contributed by atoms with Crippen LogP contribution < -0.4 is 15.9 Å². The number of aromatic nitrogens is 3. The van der Waals surface area contributed by atoms with Crippen LogP contribution in [0.15, 0.2) is 36.5 Å². The minimum atomic E-state index is -2.45. The Kier molecular flexibility index (Phi) is 3.53. The van der Waals surface area contributed by atoms with Crippen LogP contribution in [0.5, 0.6) is 0 Å². The van der Waals surface area contributed by atoms with Crippen molar-refractivity contribution in [3.8, 4) is 11.1 Å². The van der Waals surface area contributed by atoms with Gasteiger partial charge in [0.2, 0.25) is 0 Å². The van der Waals surface area contributed by atoms with E-state index in [1.54, 1.807) is 30.3 Å². The van der Waals surface area contributed by atoms with Crippen molar-refractivity contribution in [1.29, 1.82) is 0 Å². The first-order valence-corrected chi connectivity index (χ1v) is 7.81. The Bertz CT molecular complexity index is 1050. The molecule has 3 rings (SSSR count). The molecule has 0 spiro atoms. The van der Waals surface area contributed by atoms with Crippen molar-refractivity contribution in [2.75, 3.05) is 12.3 Å². The molecule has 0 aliphatic carbocycles. The second-order valence-corrected chi connectivity index (χ2v) is 5.49. The molecule has 0 saturated heterocycles. The van der Waals surface area contributed by atoms with E-state index in [0.717, 1.165) is 0 Å². The second-order valence-electron chi connectivity index (χ2n) is 5.49. The number of nitrogens with two attached hydrogens (primary N) is 1. The first-order valence-electron chi connectivity index (χ1n) is 9.31. The number of rotatable bonds is 4. The van der Waals surface area contributed by atoms with Crippen LogP contribution in [0.2, 0.25) is 0 Å². The van der Waals surface area contributed by atoms with Crippen LogP contribution in [0, 0.1) is 12.1 Å². The summed E-state index contributed by atoms with van der Waals surface area (Å²) < 4.78 is 23.1. The number of nitrogen functional groups attached to an aromatic ring is 1. The van der Waals surface area contributed by atoms with Gasteiger partial charge in [-0.05, 0) is 24.2 Å². The summed E-state index contributed by atoms with van der Waals surface area (Å²) in [4.78, 5) is 16.5. The molecule has 0 radical (unpaired) electrons. The lowest BCUT2D eigenvalue weighted by molar-refractivity contribution is -0.667. The van der Waals surface area contributed by atoms with Gasteiger partial charge in [-0.25, -0.2) is 0 Å². The van der Waals surface area contributed by atoms with E-state index in [2.05, 4.69) is 15.4 Å². The van der Waals surface area contributed by atoms with Gasteiger partial charge < -0.3 is 16.3 Å². The first kappa shape index (κ1) is 13.1. The molecule has 0 aliphatic rings. The van der Waals surface area contributed by atoms with E-state index in [9.17, 15) is 10.0 Å². The molecule has 2 heterocycles. The molecule has 7 heteroatoms. The Balaban J connectivity index is 2.25. The highest BCUT2D eigenvalue weighted by Crippen LogP contribution is 2.31. The smallest absolute Gasteiger partial charge is 0.332 e. The molecule has 0 saturated carbocycles. The van der Waals surface area contributed by atoms with Gasteiger partial charge in [-0.2, -0.15) is 0 Å². The Labute approximate surface area is 149 Å². The van der Waals surface area contributed by atoms with Crippen LogP contribution in [-0.4, -0.2) is 22.5 Å². The topological polar surface area (TPSA) is 108 Å². The number of fused-ring (bicyclic) bond motifs is 1. The van der Waals surface area contributed by atoms with Crippen LogP contribution in [0.4, 0.5) is 5.69 Å². The standard InChI is InChI=1S/C18H19N5O2/c1-3-9-21-18(24)17-15(19)14-7-4-6-13(16(14)22-23(17)25)12-8-5-10-20-11(12)2/h4-8,10H,3,9,19H2,1-2H3,(H,21,24)/i2D3. The van der Waals surface area contributed by atoms with Crippen molar-refractivity contribution in [2.45, 2.75) is 20.2 Å². The molecule has 0 bridgehead atoms. The van der Waals surface area contributed by atoms with Crippen LogP contribution in [0.25, 0.3) is 22.0 Å². The zero-order valence-electron chi connectivity index (χ0n) is 16.6. The van der Waals surface area contributed by atoms with Gasteiger partial charge in [-0.15, -0.1) is 0 Å². The lowest BCUT2D eigenvalue weighted by atomic mass is 10.0. The van der Waals surface area contributed by atoms with Crippen LogP contribution in [-0.2, 0) is 0 Å². The van der Waals surface area contributed by atoms with Crippen molar-refractivity contribution in [2.24, 2.45) is 0 Å². The Hall–Kier alpha value is -3.22. The van der Waals surface area contributed by atoms with Gasteiger partial charge in [0, 0.05) is 44.2 Å². The predicted molar refractivity (Wildman–Crippen MR) is 95.7 cm³/mol. The maximum absolute atomic E-state index is 12.5. The van der Waals surface area contributed by atoms with Crippen LogP contribution in [0.1, 0.15) is 33.6 Å². The normalized spacial score (nSPS) is 13.1. The third kappa shape index (κ3) is 2.96. The molecule has 1 aromatic carbocycles. The van der Waals surface area contributed by atoms with Crippen molar-refractivity contribution in [3.63, 3.8) is 0 Å². The number of aryl methyl sites for hydroxylation is 1. The molecule has 2 aromatic heterocycles. The number of anilines is 1.